The Balaban J connectivity index is 2.05. The smallest absolute Gasteiger partial charge is 0.132 e. The fourth-order valence-corrected chi connectivity index (χ4v) is 1.91. The third kappa shape index (κ3) is 3.01. The lowest BCUT2D eigenvalue weighted by molar-refractivity contribution is 0.194. The molecule has 1 heterocycles. The molecule has 1 atom stereocenters. The van der Waals surface area contributed by atoms with Crippen molar-refractivity contribution in [2.75, 3.05) is 0 Å². The second-order valence-electron chi connectivity index (χ2n) is 3.62. The van der Waals surface area contributed by atoms with Crippen LogP contribution in [-0.4, -0.2) is 10.1 Å². The molecule has 1 aromatic carbocycles. The zero-order chi connectivity index (χ0) is 12.3. The number of nitrogens with zero attached hydrogens (tertiary/aromatic N) is 1. The van der Waals surface area contributed by atoms with Crippen molar-refractivity contribution in [3.05, 3.63) is 46.2 Å². The van der Waals surface area contributed by atoms with E-state index in [1.807, 2.05) is 0 Å². The Morgan fingerprint density at radius 2 is 2.35 bits per heavy atom. The monoisotopic (exact) mass is 253 g/mol. The van der Waals surface area contributed by atoms with E-state index in [1.54, 1.807) is 17.8 Å². The van der Waals surface area contributed by atoms with Crippen molar-refractivity contribution in [3.8, 4) is 5.75 Å². The van der Waals surface area contributed by atoms with Gasteiger partial charge in [-0.1, -0.05) is 0 Å². The second-order valence-corrected chi connectivity index (χ2v) is 4.59. The average molecular weight is 253 g/mol. The Bertz CT molecular complexity index is 485. The first-order valence-electron chi connectivity index (χ1n) is 5.14. The number of aliphatic hydroxyl groups excluding tert-OH is 1. The lowest BCUT2D eigenvalue weighted by atomic mass is 10.1. The largest absolute Gasteiger partial charge is 0.488 e. The third-order valence-electron chi connectivity index (χ3n) is 2.29. The number of aromatic nitrogens is 1. The summed E-state index contributed by atoms with van der Waals surface area (Å²) in [5.74, 6) is -0.0119. The van der Waals surface area contributed by atoms with E-state index in [0.717, 1.165) is 4.88 Å². The van der Waals surface area contributed by atoms with Gasteiger partial charge in [0.25, 0.3) is 0 Å². The van der Waals surface area contributed by atoms with Crippen molar-refractivity contribution in [2.24, 2.45) is 0 Å². The van der Waals surface area contributed by atoms with Gasteiger partial charge in [0.2, 0.25) is 0 Å². The van der Waals surface area contributed by atoms with Crippen LogP contribution in [0.2, 0.25) is 0 Å². The SMILES string of the molecule is C[C@H](O)c1ccc(OCc2cncs2)cc1F. The second kappa shape index (κ2) is 5.25. The Labute approximate surface area is 103 Å². The highest BCUT2D eigenvalue weighted by atomic mass is 32.1. The quantitative estimate of drug-likeness (QED) is 0.911. The van der Waals surface area contributed by atoms with E-state index in [0.29, 0.717) is 12.4 Å². The third-order valence-corrected chi connectivity index (χ3v) is 3.04. The van der Waals surface area contributed by atoms with Crippen molar-refractivity contribution in [1.29, 1.82) is 0 Å². The highest BCUT2D eigenvalue weighted by molar-refractivity contribution is 7.09. The number of aliphatic hydroxyl groups is 1. The van der Waals surface area contributed by atoms with Crippen molar-refractivity contribution in [2.45, 2.75) is 19.6 Å². The van der Waals surface area contributed by atoms with Crippen LogP contribution in [0.25, 0.3) is 0 Å². The number of thiazole rings is 1. The van der Waals surface area contributed by atoms with E-state index < -0.39 is 11.9 Å². The predicted octanol–water partition coefficient (Wildman–Crippen LogP) is 2.91. The van der Waals surface area contributed by atoms with E-state index in [1.165, 1.54) is 30.4 Å². The molecule has 1 N–H and O–H groups in total. The van der Waals surface area contributed by atoms with Crippen LogP contribution in [0.1, 0.15) is 23.5 Å². The Morgan fingerprint density at radius 1 is 1.53 bits per heavy atom. The maximum Gasteiger partial charge on any atom is 0.132 e. The van der Waals surface area contributed by atoms with Gasteiger partial charge in [0.15, 0.2) is 0 Å². The summed E-state index contributed by atoms with van der Waals surface area (Å²) in [5, 5.41) is 9.29. The van der Waals surface area contributed by atoms with Gasteiger partial charge in [-0.3, -0.25) is 4.98 Å². The molecule has 0 bridgehead atoms. The van der Waals surface area contributed by atoms with Gasteiger partial charge in [-0.2, -0.15) is 0 Å². The number of hydrogen-bond acceptors (Lipinski definition) is 4. The minimum absolute atomic E-state index is 0.273. The molecule has 1 aromatic heterocycles. The van der Waals surface area contributed by atoms with Crippen LogP contribution < -0.4 is 4.74 Å². The lowest BCUT2D eigenvalue weighted by Gasteiger charge is -2.09. The van der Waals surface area contributed by atoms with Crippen LogP contribution >= 0.6 is 11.3 Å². The first-order valence-corrected chi connectivity index (χ1v) is 6.02. The molecule has 17 heavy (non-hydrogen) atoms. The number of rotatable bonds is 4. The predicted molar refractivity (Wildman–Crippen MR) is 63.5 cm³/mol. The number of benzene rings is 1. The minimum atomic E-state index is -0.814. The summed E-state index contributed by atoms with van der Waals surface area (Å²) < 4.78 is 18.9. The maximum atomic E-state index is 13.5. The van der Waals surface area contributed by atoms with E-state index >= 15 is 0 Å². The van der Waals surface area contributed by atoms with Gasteiger partial charge in [-0.25, -0.2) is 4.39 Å². The van der Waals surface area contributed by atoms with Gasteiger partial charge < -0.3 is 9.84 Å². The first-order chi connectivity index (χ1) is 8.16. The van der Waals surface area contributed by atoms with E-state index in [4.69, 9.17) is 4.74 Å². The van der Waals surface area contributed by atoms with Crippen molar-refractivity contribution in [3.63, 3.8) is 0 Å². The molecule has 0 saturated heterocycles. The molecule has 2 rings (SSSR count). The van der Waals surface area contributed by atoms with Crippen LogP contribution in [0.5, 0.6) is 5.75 Å². The van der Waals surface area contributed by atoms with Gasteiger partial charge in [-0.15, -0.1) is 11.3 Å². The number of halogens is 1. The first kappa shape index (κ1) is 12.0. The molecule has 3 nitrogen and oxygen atoms in total. The summed E-state index contributed by atoms with van der Waals surface area (Å²) in [5.41, 5.74) is 1.99. The van der Waals surface area contributed by atoms with Gasteiger partial charge in [-0.05, 0) is 19.1 Å². The van der Waals surface area contributed by atoms with E-state index in [2.05, 4.69) is 4.98 Å². The van der Waals surface area contributed by atoms with Crippen LogP contribution in [0.3, 0.4) is 0 Å². The fourth-order valence-electron chi connectivity index (χ4n) is 1.40. The van der Waals surface area contributed by atoms with Crippen molar-refractivity contribution in [1.82, 2.24) is 4.98 Å². The molecule has 90 valence electrons. The maximum absolute atomic E-state index is 13.5. The fraction of sp³-hybridized carbons (Fsp3) is 0.250. The molecule has 0 amide bonds. The average Bonchev–Trinajstić information content (AvgIpc) is 2.78. The Morgan fingerprint density at radius 3 is 2.94 bits per heavy atom. The zero-order valence-electron chi connectivity index (χ0n) is 9.26. The summed E-state index contributed by atoms with van der Waals surface area (Å²) in [6, 6.07) is 4.46. The molecule has 0 aliphatic rings. The van der Waals surface area contributed by atoms with Crippen LogP contribution in [0.4, 0.5) is 4.39 Å². The highest BCUT2D eigenvalue weighted by Crippen LogP contribution is 2.22. The summed E-state index contributed by atoms with van der Waals surface area (Å²) in [7, 11) is 0. The summed E-state index contributed by atoms with van der Waals surface area (Å²) in [6.45, 7) is 1.90. The lowest BCUT2D eigenvalue weighted by Crippen LogP contribution is -1.98. The van der Waals surface area contributed by atoms with E-state index in [9.17, 15) is 9.50 Å². The molecule has 0 aliphatic carbocycles. The molecular formula is C12H12FNO2S. The minimum Gasteiger partial charge on any atom is -0.488 e. The van der Waals surface area contributed by atoms with E-state index in [-0.39, 0.29) is 5.56 Å². The summed E-state index contributed by atoms with van der Waals surface area (Å²) in [4.78, 5) is 4.90. The van der Waals surface area contributed by atoms with Crippen LogP contribution in [0.15, 0.2) is 29.9 Å². The van der Waals surface area contributed by atoms with Crippen LogP contribution in [0, 0.1) is 5.82 Å². The van der Waals surface area contributed by atoms with Crippen molar-refractivity contribution >= 4 is 11.3 Å². The topological polar surface area (TPSA) is 42.4 Å². The molecule has 2 aromatic rings. The van der Waals surface area contributed by atoms with Crippen molar-refractivity contribution < 1.29 is 14.2 Å². The highest BCUT2D eigenvalue weighted by Gasteiger charge is 2.09. The molecule has 0 aliphatic heterocycles. The molecule has 0 radical (unpaired) electrons. The van der Waals surface area contributed by atoms with Gasteiger partial charge in [0, 0.05) is 17.8 Å². The number of ether oxygens (including phenoxy) is 1. The Hall–Kier alpha value is -1.46. The van der Waals surface area contributed by atoms with Gasteiger partial charge in [0.1, 0.15) is 18.2 Å². The Kier molecular flexibility index (Phi) is 3.71. The molecule has 5 heteroatoms. The van der Waals surface area contributed by atoms with Gasteiger partial charge in [0.05, 0.1) is 16.5 Å². The molecule has 0 spiro atoms. The molecule has 0 saturated carbocycles. The molecular weight excluding hydrogens is 241 g/mol. The normalized spacial score (nSPS) is 12.4. The molecule has 0 fully saturated rings. The standard InChI is InChI=1S/C12H12FNO2S/c1-8(15)11-3-2-9(4-12(11)13)16-6-10-5-14-7-17-10/h2-5,7-8,15H,6H2,1H3/t8-/m0/s1. The summed E-state index contributed by atoms with van der Waals surface area (Å²) in [6.07, 6.45) is 0.899. The summed E-state index contributed by atoms with van der Waals surface area (Å²) >= 11 is 1.48. The van der Waals surface area contributed by atoms with Crippen LogP contribution in [-0.2, 0) is 6.61 Å². The number of hydrogen-bond donors (Lipinski definition) is 1. The zero-order valence-corrected chi connectivity index (χ0v) is 10.1. The van der Waals surface area contributed by atoms with Gasteiger partial charge >= 0.3 is 0 Å². The molecule has 0 unspecified atom stereocenters.